The lowest BCUT2D eigenvalue weighted by atomic mass is 10.1. The summed E-state index contributed by atoms with van der Waals surface area (Å²) in [6.45, 7) is 2.78. The van der Waals surface area contributed by atoms with Gasteiger partial charge in [-0.3, -0.25) is 4.79 Å². The first-order valence-electron chi connectivity index (χ1n) is 8.07. The molecule has 5 nitrogen and oxygen atoms in total. The maximum absolute atomic E-state index is 11.8. The number of nitrogens with two attached hydrogens (primary N) is 1. The zero-order valence-corrected chi connectivity index (χ0v) is 13.9. The van der Waals surface area contributed by atoms with Crippen molar-refractivity contribution in [3.05, 3.63) is 71.4 Å². The van der Waals surface area contributed by atoms with Crippen molar-refractivity contribution in [3.8, 4) is 22.8 Å². The van der Waals surface area contributed by atoms with Gasteiger partial charge in [-0.25, -0.2) is 0 Å². The van der Waals surface area contributed by atoms with E-state index in [4.69, 9.17) is 15.2 Å². The van der Waals surface area contributed by atoms with Gasteiger partial charge in [0.2, 0.25) is 6.79 Å². The Labute approximate surface area is 145 Å². The third-order valence-corrected chi connectivity index (χ3v) is 4.48. The molecular weight excluding hydrogens is 316 g/mol. The summed E-state index contributed by atoms with van der Waals surface area (Å²) in [5.41, 5.74) is 10.0. The Bertz CT molecular complexity index is 945. The van der Waals surface area contributed by atoms with E-state index in [1.165, 1.54) is 0 Å². The zero-order valence-electron chi connectivity index (χ0n) is 13.9. The molecule has 2 heterocycles. The van der Waals surface area contributed by atoms with Crippen LogP contribution in [0.2, 0.25) is 0 Å². The lowest BCUT2D eigenvalue weighted by molar-refractivity contribution is 0.0999. The Morgan fingerprint density at radius 2 is 1.84 bits per heavy atom. The van der Waals surface area contributed by atoms with Crippen LogP contribution in [0, 0.1) is 6.92 Å². The van der Waals surface area contributed by atoms with Crippen LogP contribution in [0.25, 0.3) is 11.3 Å². The van der Waals surface area contributed by atoms with E-state index in [0.29, 0.717) is 12.1 Å². The van der Waals surface area contributed by atoms with E-state index < -0.39 is 5.91 Å². The molecule has 2 N–H and O–H groups in total. The van der Waals surface area contributed by atoms with Gasteiger partial charge in [0.25, 0.3) is 5.91 Å². The van der Waals surface area contributed by atoms with E-state index in [2.05, 4.69) is 4.57 Å². The van der Waals surface area contributed by atoms with E-state index in [1.807, 2.05) is 61.5 Å². The molecule has 0 atom stereocenters. The van der Waals surface area contributed by atoms with Crippen LogP contribution >= 0.6 is 0 Å². The van der Waals surface area contributed by atoms with E-state index in [1.54, 1.807) is 0 Å². The maximum atomic E-state index is 11.8. The molecular formula is C20H18N2O3. The first kappa shape index (κ1) is 15.3. The molecule has 126 valence electrons. The van der Waals surface area contributed by atoms with Crippen LogP contribution in [0.4, 0.5) is 0 Å². The molecule has 0 aliphatic carbocycles. The van der Waals surface area contributed by atoms with Crippen LogP contribution < -0.4 is 15.2 Å². The average Bonchev–Trinajstić information content (AvgIpc) is 3.21. The van der Waals surface area contributed by atoms with Crippen molar-refractivity contribution < 1.29 is 14.3 Å². The quantitative estimate of drug-likeness (QED) is 0.796. The summed E-state index contributed by atoms with van der Waals surface area (Å²) in [6, 6.07) is 17.7. The predicted molar refractivity (Wildman–Crippen MR) is 94.8 cm³/mol. The minimum atomic E-state index is -0.417. The number of primary amides is 1. The van der Waals surface area contributed by atoms with Crippen molar-refractivity contribution in [2.75, 3.05) is 6.79 Å². The summed E-state index contributed by atoms with van der Waals surface area (Å²) in [5.74, 6) is 1.09. The third-order valence-electron chi connectivity index (χ3n) is 4.48. The number of carbonyl (C=O) groups is 1. The molecule has 0 bridgehead atoms. The number of carbonyl (C=O) groups excluding carboxylic acids is 1. The average molecular weight is 334 g/mol. The fourth-order valence-electron chi connectivity index (χ4n) is 3.17. The normalized spacial score (nSPS) is 12.4. The lowest BCUT2D eigenvalue weighted by Crippen LogP contribution is -2.12. The Hall–Kier alpha value is -3.21. The molecule has 1 aliphatic heterocycles. The molecule has 1 amide bonds. The fourth-order valence-corrected chi connectivity index (χ4v) is 3.17. The molecule has 25 heavy (non-hydrogen) atoms. The largest absolute Gasteiger partial charge is 0.454 e. The molecule has 3 aromatic rings. The van der Waals surface area contributed by atoms with Gasteiger partial charge in [0, 0.05) is 17.9 Å². The molecule has 1 aromatic heterocycles. The minimum absolute atomic E-state index is 0.252. The van der Waals surface area contributed by atoms with Gasteiger partial charge in [0.15, 0.2) is 11.5 Å². The third kappa shape index (κ3) is 2.74. The topological polar surface area (TPSA) is 66.5 Å². The Kier molecular flexibility index (Phi) is 3.69. The molecule has 0 saturated carbocycles. The number of hydrogen-bond donors (Lipinski definition) is 1. The molecule has 0 unspecified atom stereocenters. The molecule has 0 saturated heterocycles. The SMILES string of the molecule is Cc1c(C(N)=O)cc(-c2ccccc2)n1Cc1ccc2c(c1)OCO2. The second-order valence-electron chi connectivity index (χ2n) is 6.03. The molecule has 2 aromatic carbocycles. The van der Waals surface area contributed by atoms with Gasteiger partial charge >= 0.3 is 0 Å². The van der Waals surface area contributed by atoms with E-state index in [-0.39, 0.29) is 6.79 Å². The summed E-state index contributed by atoms with van der Waals surface area (Å²) in [4.78, 5) is 11.8. The summed E-state index contributed by atoms with van der Waals surface area (Å²) >= 11 is 0. The molecule has 0 radical (unpaired) electrons. The van der Waals surface area contributed by atoms with Crippen molar-refractivity contribution in [2.24, 2.45) is 5.73 Å². The smallest absolute Gasteiger partial charge is 0.250 e. The van der Waals surface area contributed by atoms with E-state index in [9.17, 15) is 4.79 Å². The lowest BCUT2D eigenvalue weighted by Gasteiger charge is -2.13. The highest BCUT2D eigenvalue weighted by Crippen LogP contribution is 2.34. The molecule has 1 aliphatic rings. The van der Waals surface area contributed by atoms with Gasteiger partial charge in [-0.2, -0.15) is 0 Å². The van der Waals surface area contributed by atoms with Crippen molar-refractivity contribution in [2.45, 2.75) is 13.5 Å². The van der Waals surface area contributed by atoms with Gasteiger partial charge < -0.3 is 19.8 Å². The Balaban J connectivity index is 1.79. The minimum Gasteiger partial charge on any atom is -0.454 e. The summed E-state index contributed by atoms with van der Waals surface area (Å²) in [7, 11) is 0. The van der Waals surface area contributed by atoms with Crippen LogP contribution in [-0.2, 0) is 6.54 Å². The number of benzene rings is 2. The van der Waals surface area contributed by atoms with Crippen molar-refractivity contribution >= 4 is 5.91 Å². The second kappa shape index (κ2) is 6.02. The number of nitrogens with zero attached hydrogens (tertiary/aromatic N) is 1. The van der Waals surface area contributed by atoms with Gasteiger partial charge in [-0.05, 0) is 36.2 Å². The number of aromatic nitrogens is 1. The van der Waals surface area contributed by atoms with Crippen molar-refractivity contribution in [1.29, 1.82) is 0 Å². The number of ether oxygens (including phenoxy) is 2. The van der Waals surface area contributed by atoms with Crippen LogP contribution in [0.15, 0.2) is 54.6 Å². The van der Waals surface area contributed by atoms with Crippen LogP contribution in [0.1, 0.15) is 21.6 Å². The van der Waals surface area contributed by atoms with E-state index >= 15 is 0 Å². The molecule has 4 rings (SSSR count). The summed E-state index contributed by atoms with van der Waals surface area (Å²) < 4.78 is 12.9. The summed E-state index contributed by atoms with van der Waals surface area (Å²) in [5, 5.41) is 0. The van der Waals surface area contributed by atoms with E-state index in [0.717, 1.165) is 34.0 Å². The van der Waals surface area contributed by atoms with Crippen LogP contribution in [0.3, 0.4) is 0 Å². The van der Waals surface area contributed by atoms with Gasteiger partial charge in [0.1, 0.15) is 0 Å². The Morgan fingerprint density at radius 3 is 2.60 bits per heavy atom. The standard InChI is InChI=1S/C20H18N2O3/c1-13-16(20(21)23)10-17(15-5-3-2-4-6-15)22(13)11-14-7-8-18-19(9-14)25-12-24-18/h2-10H,11-12H2,1H3,(H2,21,23). The zero-order chi connectivity index (χ0) is 17.4. The number of hydrogen-bond acceptors (Lipinski definition) is 3. The van der Waals surface area contributed by atoms with Gasteiger partial charge in [-0.1, -0.05) is 36.4 Å². The van der Waals surface area contributed by atoms with Crippen LogP contribution in [-0.4, -0.2) is 17.3 Å². The molecule has 5 heteroatoms. The molecule has 0 spiro atoms. The fraction of sp³-hybridized carbons (Fsp3) is 0.150. The Morgan fingerprint density at radius 1 is 1.08 bits per heavy atom. The highest BCUT2D eigenvalue weighted by atomic mass is 16.7. The van der Waals surface area contributed by atoms with Crippen molar-refractivity contribution in [3.63, 3.8) is 0 Å². The monoisotopic (exact) mass is 334 g/mol. The highest BCUT2D eigenvalue weighted by molar-refractivity contribution is 5.95. The number of rotatable bonds is 4. The molecule has 0 fully saturated rings. The van der Waals surface area contributed by atoms with Crippen LogP contribution in [0.5, 0.6) is 11.5 Å². The van der Waals surface area contributed by atoms with Gasteiger partial charge in [0.05, 0.1) is 5.56 Å². The summed E-state index contributed by atoms with van der Waals surface area (Å²) in [6.07, 6.45) is 0. The maximum Gasteiger partial charge on any atom is 0.250 e. The van der Waals surface area contributed by atoms with Crippen molar-refractivity contribution in [1.82, 2.24) is 4.57 Å². The first-order valence-corrected chi connectivity index (χ1v) is 8.07. The number of amides is 1. The predicted octanol–water partition coefficient (Wildman–Crippen LogP) is 3.34. The van der Waals surface area contributed by atoms with Gasteiger partial charge in [-0.15, -0.1) is 0 Å². The second-order valence-corrected chi connectivity index (χ2v) is 6.03. The first-order chi connectivity index (χ1) is 12.1. The highest BCUT2D eigenvalue weighted by Gasteiger charge is 2.18. The number of fused-ring (bicyclic) bond motifs is 1.